The van der Waals surface area contributed by atoms with E-state index in [4.69, 9.17) is 5.11 Å². The van der Waals surface area contributed by atoms with E-state index in [0.717, 1.165) is 0 Å². The van der Waals surface area contributed by atoms with Gasteiger partial charge in [-0.15, -0.1) is 0 Å². The fourth-order valence-electron chi connectivity index (χ4n) is 1.45. The number of hydrogen-bond acceptors (Lipinski definition) is 5. The lowest BCUT2D eigenvalue weighted by Crippen LogP contribution is -2.48. The lowest BCUT2D eigenvalue weighted by molar-refractivity contribution is -0.141. The highest BCUT2D eigenvalue weighted by Gasteiger charge is 2.36. The largest absolute Gasteiger partial charge is 0.480 e. The van der Waals surface area contributed by atoms with Crippen molar-refractivity contribution in [3.8, 4) is 0 Å². The van der Waals surface area contributed by atoms with E-state index < -0.39 is 32.3 Å². The molecule has 0 aliphatic rings. The first-order valence-electron chi connectivity index (χ1n) is 5.40. The van der Waals surface area contributed by atoms with Crippen molar-refractivity contribution >= 4 is 27.3 Å². The number of carboxylic acid groups (broad SMARTS) is 1. The van der Waals surface area contributed by atoms with E-state index in [1.807, 2.05) is 0 Å². The molecule has 19 heavy (non-hydrogen) atoms. The SMILES string of the molecule is Cc1[nH]c(=O)sc1S(=O)(=O)N[C@@H](C(=O)O)C(C)(C)C. The van der Waals surface area contributed by atoms with Crippen LogP contribution in [0.5, 0.6) is 0 Å². The predicted molar refractivity (Wildman–Crippen MR) is 70.9 cm³/mol. The first-order valence-corrected chi connectivity index (χ1v) is 7.70. The summed E-state index contributed by atoms with van der Waals surface area (Å²) in [5.74, 6) is -1.27. The number of sulfonamides is 1. The lowest BCUT2D eigenvalue weighted by Gasteiger charge is -2.27. The van der Waals surface area contributed by atoms with Crippen molar-refractivity contribution in [1.82, 2.24) is 9.71 Å². The first-order chi connectivity index (χ1) is 8.45. The van der Waals surface area contributed by atoms with Crippen LogP contribution in [0.25, 0.3) is 0 Å². The van der Waals surface area contributed by atoms with Crippen molar-refractivity contribution in [3.63, 3.8) is 0 Å². The normalized spacial score (nSPS) is 14.3. The Labute approximate surface area is 114 Å². The van der Waals surface area contributed by atoms with Crippen molar-refractivity contribution in [2.75, 3.05) is 0 Å². The summed E-state index contributed by atoms with van der Waals surface area (Å²) < 4.78 is 26.2. The molecule has 0 aliphatic heterocycles. The Balaban J connectivity index is 3.19. The summed E-state index contributed by atoms with van der Waals surface area (Å²) in [4.78, 5) is 24.1. The molecule has 0 bridgehead atoms. The molecule has 3 N–H and O–H groups in total. The summed E-state index contributed by atoms with van der Waals surface area (Å²) in [6, 6.07) is -1.28. The van der Waals surface area contributed by atoms with Gasteiger partial charge in [-0.25, -0.2) is 8.42 Å². The molecule has 0 saturated heterocycles. The van der Waals surface area contributed by atoms with Crippen molar-refractivity contribution < 1.29 is 18.3 Å². The van der Waals surface area contributed by atoms with E-state index in [-0.39, 0.29) is 9.90 Å². The molecule has 0 aromatic carbocycles. The predicted octanol–water partition coefficient (Wildman–Crippen LogP) is 0.522. The monoisotopic (exact) mass is 308 g/mol. The van der Waals surface area contributed by atoms with Crippen LogP contribution in [0.2, 0.25) is 0 Å². The number of hydrogen-bond donors (Lipinski definition) is 3. The molecule has 7 nitrogen and oxygen atoms in total. The standard InChI is InChI=1S/C10H16N2O5S2/c1-5-8(18-9(15)11-5)19(16,17)12-6(7(13)14)10(2,3)4/h6,12H,1-4H3,(H,11,15)(H,13,14)/t6-/m0/s1. The van der Waals surface area contributed by atoms with E-state index in [1.165, 1.54) is 6.92 Å². The fraction of sp³-hybridized carbons (Fsp3) is 0.600. The van der Waals surface area contributed by atoms with Gasteiger partial charge in [-0.3, -0.25) is 9.59 Å². The molecule has 108 valence electrons. The van der Waals surface area contributed by atoms with Gasteiger partial charge >= 0.3 is 10.8 Å². The molecule has 0 amide bonds. The number of nitrogens with one attached hydrogen (secondary N) is 2. The molecule has 0 radical (unpaired) electrons. The summed E-state index contributed by atoms with van der Waals surface area (Å²) in [6.07, 6.45) is 0. The summed E-state index contributed by atoms with van der Waals surface area (Å²) >= 11 is 0.531. The van der Waals surface area contributed by atoms with Crippen LogP contribution in [0.1, 0.15) is 26.5 Å². The number of aromatic nitrogens is 1. The Morgan fingerprint density at radius 1 is 1.42 bits per heavy atom. The molecule has 0 fully saturated rings. The van der Waals surface area contributed by atoms with Crippen LogP contribution in [-0.4, -0.2) is 30.5 Å². The molecule has 1 heterocycles. The third-order valence-corrected chi connectivity index (χ3v) is 5.44. The third kappa shape index (κ3) is 3.64. The first kappa shape index (κ1) is 15.9. The van der Waals surface area contributed by atoms with E-state index in [1.54, 1.807) is 20.8 Å². The number of aromatic amines is 1. The summed E-state index contributed by atoms with van der Waals surface area (Å²) in [5, 5.41) is 9.10. The van der Waals surface area contributed by atoms with Crippen LogP contribution < -0.4 is 9.60 Å². The highest BCUT2D eigenvalue weighted by molar-refractivity contribution is 7.91. The average Bonchev–Trinajstić information content (AvgIpc) is 2.53. The van der Waals surface area contributed by atoms with Gasteiger partial charge in [0.1, 0.15) is 6.04 Å². The van der Waals surface area contributed by atoms with Crippen molar-refractivity contribution in [3.05, 3.63) is 15.4 Å². The molecule has 1 atom stereocenters. The molecule has 0 saturated carbocycles. The van der Waals surface area contributed by atoms with Gasteiger partial charge in [0.25, 0.3) is 10.0 Å². The minimum atomic E-state index is -4.04. The van der Waals surface area contributed by atoms with Crippen molar-refractivity contribution in [1.29, 1.82) is 0 Å². The third-order valence-electron chi connectivity index (χ3n) is 2.41. The lowest BCUT2D eigenvalue weighted by atomic mass is 9.88. The maximum absolute atomic E-state index is 12.1. The minimum absolute atomic E-state index is 0.187. The summed E-state index contributed by atoms with van der Waals surface area (Å²) in [5.41, 5.74) is -0.603. The Kier molecular flexibility index (Phi) is 4.23. The van der Waals surface area contributed by atoms with Gasteiger partial charge in [-0.05, 0) is 12.3 Å². The Hall–Kier alpha value is -1.19. The molecule has 0 aliphatic carbocycles. The van der Waals surface area contributed by atoms with Crippen LogP contribution in [0, 0.1) is 12.3 Å². The molecule has 1 rings (SSSR count). The second-order valence-electron chi connectivity index (χ2n) is 5.19. The molecular formula is C10H16N2O5S2. The molecule has 0 spiro atoms. The van der Waals surface area contributed by atoms with Crippen LogP contribution in [-0.2, 0) is 14.8 Å². The Bertz CT molecular complexity index is 636. The number of carboxylic acids is 1. The van der Waals surface area contributed by atoms with Crippen LogP contribution in [0.3, 0.4) is 0 Å². The highest BCUT2D eigenvalue weighted by Crippen LogP contribution is 2.23. The Morgan fingerprint density at radius 2 is 1.95 bits per heavy atom. The maximum atomic E-state index is 12.1. The van der Waals surface area contributed by atoms with E-state index in [9.17, 15) is 18.0 Å². The zero-order valence-corrected chi connectivity index (χ0v) is 12.6. The van der Waals surface area contributed by atoms with Gasteiger partial charge in [0, 0.05) is 5.69 Å². The maximum Gasteiger partial charge on any atom is 0.322 e. The van der Waals surface area contributed by atoms with E-state index in [0.29, 0.717) is 11.3 Å². The highest BCUT2D eigenvalue weighted by atomic mass is 32.2. The number of thiazole rings is 1. The van der Waals surface area contributed by atoms with E-state index in [2.05, 4.69) is 9.71 Å². The molecule has 1 aromatic heterocycles. The van der Waals surface area contributed by atoms with Crippen LogP contribution >= 0.6 is 11.3 Å². The van der Waals surface area contributed by atoms with Crippen LogP contribution in [0.4, 0.5) is 0 Å². The second kappa shape index (κ2) is 5.06. The zero-order valence-electron chi connectivity index (χ0n) is 11.0. The minimum Gasteiger partial charge on any atom is -0.480 e. The van der Waals surface area contributed by atoms with Crippen molar-refractivity contribution in [2.45, 2.75) is 37.9 Å². The summed E-state index contributed by atoms with van der Waals surface area (Å²) in [7, 11) is -4.04. The van der Waals surface area contributed by atoms with Gasteiger partial charge in [-0.2, -0.15) is 4.72 Å². The fourth-order valence-corrected chi connectivity index (χ4v) is 4.17. The number of aryl methyl sites for hydroxylation is 1. The smallest absolute Gasteiger partial charge is 0.322 e. The topological polar surface area (TPSA) is 116 Å². The van der Waals surface area contributed by atoms with Crippen molar-refractivity contribution in [2.24, 2.45) is 5.41 Å². The van der Waals surface area contributed by atoms with Gasteiger partial charge < -0.3 is 10.1 Å². The molecular weight excluding hydrogens is 292 g/mol. The van der Waals surface area contributed by atoms with E-state index >= 15 is 0 Å². The summed E-state index contributed by atoms with van der Waals surface area (Å²) in [6.45, 7) is 6.28. The van der Waals surface area contributed by atoms with Gasteiger partial charge in [0.15, 0.2) is 4.21 Å². The Morgan fingerprint density at radius 3 is 2.26 bits per heavy atom. The number of rotatable bonds is 4. The average molecular weight is 308 g/mol. The number of aliphatic carboxylic acids is 1. The molecule has 0 unspecified atom stereocenters. The quantitative estimate of drug-likeness (QED) is 0.750. The zero-order chi connectivity index (χ0) is 15.0. The van der Waals surface area contributed by atoms with Gasteiger partial charge in [0.2, 0.25) is 0 Å². The number of H-pyrrole nitrogens is 1. The van der Waals surface area contributed by atoms with Gasteiger partial charge in [-0.1, -0.05) is 32.1 Å². The second-order valence-corrected chi connectivity index (χ2v) is 8.08. The molecule has 1 aromatic rings. The van der Waals surface area contributed by atoms with Crippen LogP contribution in [0.15, 0.2) is 9.00 Å². The van der Waals surface area contributed by atoms with Gasteiger partial charge in [0.05, 0.1) is 0 Å². The molecule has 9 heteroatoms. The number of carbonyl (C=O) groups is 1.